The van der Waals surface area contributed by atoms with Crippen LogP contribution in [0.3, 0.4) is 0 Å². The number of nitrogens with zero attached hydrogens (tertiary/aromatic N) is 8. The molecule has 13 rings (SSSR count). The first-order chi connectivity index (χ1) is 54.1. The van der Waals surface area contributed by atoms with Crippen molar-refractivity contribution in [2.45, 2.75) is 110 Å². The summed E-state index contributed by atoms with van der Waals surface area (Å²) in [6, 6.07) is 59.6. The number of hydrogen-bond donors (Lipinski definition) is 8. The third kappa shape index (κ3) is 23.3. The van der Waals surface area contributed by atoms with Gasteiger partial charge in [0.1, 0.15) is 70.5 Å². The van der Waals surface area contributed by atoms with Crippen LogP contribution in [0.15, 0.2) is 243 Å². The van der Waals surface area contributed by atoms with Crippen LogP contribution < -0.4 is 21.3 Å². The highest BCUT2D eigenvalue weighted by Gasteiger charge is 2.27. The van der Waals surface area contributed by atoms with Crippen molar-refractivity contribution in [3.05, 3.63) is 311 Å². The molecule has 4 amide bonds. The number of hydrogen-bond acceptors (Lipinski definition) is 16. The van der Waals surface area contributed by atoms with E-state index >= 15 is 0 Å². The van der Waals surface area contributed by atoms with E-state index in [-0.39, 0.29) is 105 Å². The Labute approximate surface area is 646 Å². The van der Waals surface area contributed by atoms with Crippen molar-refractivity contribution >= 4 is 46.9 Å². The molecule has 0 radical (unpaired) electrons. The second-order valence-corrected chi connectivity index (χ2v) is 27.1. The summed E-state index contributed by atoms with van der Waals surface area (Å²) in [4.78, 5) is 84.1. The lowest BCUT2D eigenvalue weighted by Crippen LogP contribution is -2.22. The monoisotopic (exact) mass is 1510 g/mol. The van der Waals surface area contributed by atoms with Gasteiger partial charge >= 0.3 is 0 Å². The van der Waals surface area contributed by atoms with Crippen LogP contribution in [0.1, 0.15) is 155 Å². The van der Waals surface area contributed by atoms with E-state index in [9.17, 15) is 57.2 Å². The van der Waals surface area contributed by atoms with Crippen LogP contribution in [0.5, 0.6) is 0 Å². The molecule has 4 heterocycles. The number of benzene rings is 8. The third-order valence-electron chi connectivity index (χ3n) is 18.2. The van der Waals surface area contributed by atoms with Gasteiger partial charge < -0.3 is 41.7 Å². The molecule has 8 aromatic carbocycles. The highest BCUT2D eigenvalue weighted by Crippen LogP contribution is 2.35. The predicted octanol–water partition coefficient (Wildman–Crippen LogP) is 17.3. The molecule has 574 valence electrons. The lowest BCUT2D eigenvalue weighted by Gasteiger charge is -2.21. The van der Waals surface area contributed by atoms with Gasteiger partial charge in [0.2, 0.25) is 23.6 Å². The van der Waals surface area contributed by atoms with Gasteiger partial charge in [0.15, 0.2) is 23.3 Å². The molecular formula is C88H86F4N12O8. The number of aromatic nitrogens is 8. The molecule has 0 saturated heterocycles. The van der Waals surface area contributed by atoms with Gasteiger partial charge in [0.05, 0.1) is 47.6 Å². The average Bonchev–Trinajstić information content (AvgIpc) is 0.830. The van der Waals surface area contributed by atoms with E-state index in [1.807, 2.05) is 88.4 Å². The highest BCUT2D eigenvalue weighted by molar-refractivity contribution is 5.93. The van der Waals surface area contributed by atoms with Crippen LogP contribution in [0.2, 0.25) is 0 Å². The Balaban J connectivity index is 0.000000159. The van der Waals surface area contributed by atoms with Crippen LogP contribution in [0.4, 0.5) is 40.8 Å². The van der Waals surface area contributed by atoms with Crippen molar-refractivity contribution in [3.63, 3.8) is 0 Å². The first kappa shape index (κ1) is 82.0. The molecule has 1 fully saturated rings. The number of anilines is 4. The Morgan fingerprint density at radius 3 is 0.938 bits per heavy atom. The van der Waals surface area contributed by atoms with Gasteiger partial charge in [-0.3, -0.25) is 19.2 Å². The van der Waals surface area contributed by atoms with Gasteiger partial charge in [-0.2, -0.15) is 0 Å². The fourth-order valence-electron chi connectivity index (χ4n) is 12.0. The SMILES string of the molecule is CC(=O)Nc1ncc(-c2ccc(F)cc2)nc1C(O)c1ccccc1.CC(C)CC(=O)Nc1ncc(-c2ccc(F)cc2)nc1C(O)c1ccccc1.CCC(C)C(=O)Nc1ncc(-c2ccc(F)cc2)nc1C(O)c1ccccc1.O=C(CC1CCCCC1)Nc1ncc(-c2ccc(F)cc2)nc1C(O)c1ccccc1. The largest absolute Gasteiger partial charge is 0.382 e. The smallest absolute Gasteiger partial charge is 0.228 e. The van der Waals surface area contributed by atoms with Crippen molar-refractivity contribution in [1.82, 2.24) is 39.9 Å². The minimum Gasteiger partial charge on any atom is -0.382 e. The Hall–Kier alpha value is -12.5. The van der Waals surface area contributed by atoms with Crippen LogP contribution >= 0.6 is 0 Å². The van der Waals surface area contributed by atoms with E-state index in [0.717, 1.165) is 12.8 Å². The van der Waals surface area contributed by atoms with Crippen LogP contribution in [0, 0.1) is 41.0 Å². The molecule has 0 spiro atoms. The van der Waals surface area contributed by atoms with E-state index in [1.165, 1.54) is 99.5 Å². The summed E-state index contributed by atoms with van der Waals surface area (Å²) in [7, 11) is 0. The van der Waals surface area contributed by atoms with Gasteiger partial charge in [-0.25, -0.2) is 57.4 Å². The Morgan fingerprint density at radius 1 is 0.384 bits per heavy atom. The number of rotatable bonds is 22. The lowest BCUT2D eigenvalue weighted by molar-refractivity contribution is -0.119. The first-order valence-corrected chi connectivity index (χ1v) is 36.7. The zero-order valence-corrected chi connectivity index (χ0v) is 62.3. The maximum absolute atomic E-state index is 13.3. The molecule has 1 aliphatic carbocycles. The Morgan fingerprint density at radius 2 is 0.661 bits per heavy atom. The summed E-state index contributed by atoms with van der Waals surface area (Å²) in [6.07, 6.45) is 8.94. The van der Waals surface area contributed by atoms with Crippen LogP contribution in [0.25, 0.3) is 45.0 Å². The lowest BCUT2D eigenvalue weighted by atomic mass is 9.87. The number of nitrogens with one attached hydrogen (secondary N) is 4. The summed E-state index contributed by atoms with van der Waals surface area (Å²) in [5, 5.41) is 54.4. The summed E-state index contributed by atoms with van der Waals surface area (Å²) in [5.41, 5.74) is 8.09. The molecule has 0 aliphatic heterocycles. The Kier molecular flexibility index (Phi) is 29.5. The van der Waals surface area contributed by atoms with Gasteiger partial charge in [0, 0.05) is 47.9 Å². The molecular weight excluding hydrogens is 1430 g/mol. The normalized spacial score (nSPS) is 13.2. The minimum atomic E-state index is -1.07. The molecule has 4 aromatic heterocycles. The second-order valence-electron chi connectivity index (χ2n) is 27.1. The molecule has 1 aliphatic rings. The van der Waals surface area contributed by atoms with E-state index in [2.05, 4.69) is 61.1 Å². The predicted molar refractivity (Wildman–Crippen MR) is 422 cm³/mol. The number of amides is 4. The van der Waals surface area contributed by atoms with E-state index in [0.29, 0.717) is 92.5 Å². The number of aliphatic hydroxyl groups excluding tert-OH is 4. The molecule has 20 nitrogen and oxygen atoms in total. The topological polar surface area (TPSA) is 300 Å². The zero-order chi connectivity index (χ0) is 79.6. The molecule has 24 heteroatoms. The number of aliphatic hydroxyl groups is 4. The van der Waals surface area contributed by atoms with Crippen LogP contribution in [-0.2, 0) is 19.2 Å². The third-order valence-corrected chi connectivity index (χ3v) is 18.2. The number of carbonyl (C=O) groups excluding carboxylic acids is 4. The molecule has 5 unspecified atom stereocenters. The van der Waals surface area contributed by atoms with E-state index < -0.39 is 24.4 Å². The quantitative estimate of drug-likeness (QED) is 0.0293. The van der Waals surface area contributed by atoms with Crippen molar-refractivity contribution in [2.75, 3.05) is 21.3 Å². The summed E-state index contributed by atoms with van der Waals surface area (Å²) in [6.45, 7) is 9.00. The maximum atomic E-state index is 13.3. The fraction of sp³-hybridized carbons (Fsp3) is 0.227. The first-order valence-electron chi connectivity index (χ1n) is 36.7. The standard InChI is InChI=1S/C25H26FN3O2.2C22H22FN3O2.C19H16FN3O2/c26-20-13-11-18(12-14-20)21-16-27-25(29-22(30)15-17-7-3-1-4-8-17)23(28-21)24(31)19-9-5-2-6-10-19;1-14(2)12-19(27)26-22-20(21(28)16-6-4-3-5-7-16)25-18(13-24-22)15-8-10-17(23)11-9-15;1-3-14(2)22(28)26-21-19(20(27)16-7-5-4-6-8-16)25-18(13-24-21)15-9-11-17(23)12-10-15;1-12(24)22-19-17(18(25)14-5-3-2-4-6-14)23-16(11-21-19)13-7-9-15(20)10-8-13/h2,5-6,9-14,16-17,24,31H,1,3-4,7-8,15H2,(H,27,29,30);3-11,13-14,21,28H,12H2,1-2H3,(H,24,26,27);4-14,20,27H,3H2,1-2H3,(H,24,26,28);2-11,18,25H,1H3,(H,21,22,24). The highest BCUT2D eigenvalue weighted by atomic mass is 19.1. The average molecular weight is 1520 g/mol. The molecule has 5 atom stereocenters. The summed E-state index contributed by atoms with van der Waals surface area (Å²) in [5.74, 6) is -0.938. The summed E-state index contributed by atoms with van der Waals surface area (Å²) >= 11 is 0. The van der Waals surface area contributed by atoms with Crippen LogP contribution in [-0.4, -0.2) is 83.9 Å². The maximum Gasteiger partial charge on any atom is 0.228 e. The van der Waals surface area contributed by atoms with Gasteiger partial charge in [0.25, 0.3) is 0 Å². The summed E-state index contributed by atoms with van der Waals surface area (Å²) < 4.78 is 52.9. The molecule has 8 N–H and O–H groups in total. The molecule has 112 heavy (non-hydrogen) atoms. The number of halogens is 4. The zero-order valence-electron chi connectivity index (χ0n) is 62.3. The van der Waals surface area contributed by atoms with Gasteiger partial charge in [-0.1, -0.05) is 168 Å². The van der Waals surface area contributed by atoms with Crippen molar-refractivity contribution < 1.29 is 57.2 Å². The van der Waals surface area contributed by atoms with Crippen molar-refractivity contribution in [3.8, 4) is 45.0 Å². The Bertz CT molecular complexity index is 5060. The molecule has 12 aromatic rings. The van der Waals surface area contributed by atoms with E-state index in [1.54, 1.807) is 109 Å². The van der Waals surface area contributed by atoms with E-state index in [4.69, 9.17) is 0 Å². The van der Waals surface area contributed by atoms with Gasteiger partial charge in [-0.05, 0) is 150 Å². The van der Waals surface area contributed by atoms with Gasteiger partial charge in [-0.15, -0.1) is 0 Å². The van der Waals surface area contributed by atoms with Crippen molar-refractivity contribution in [1.29, 1.82) is 0 Å². The molecule has 0 bridgehead atoms. The number of carbonyl (C=O) groups is 4. The fourth-order valence-corrected chi connectivity index (χ4v) is 12.0. The molecule has 1 saturated carbocycles. The second kappa shape index (κ2) is 40.3. The van der Waals surface area contributed by atoms with Crippen molar-refractivity contribution in [2.24, 2.45) is 17.8 Å². The minimum absolute atomic E-state index is 0.114.